The molecule has 166 valence electrons. The van der Waals surface area contributed by atoms with E-state index in [1.54, 1.807) is 6.07 Å². The Bertz CT molecular complexity index is 916. The Balaban J connectivity index is 1.37. The molecule has 2 heterocycles. The van der Waals surface area contributed by atoms with Crippen LogP contribution in [0.3, 0.4) is 0 Å². The standard InChI is InChI=1S/C24H26F3NO3/c25-24(26,27)31-19-8-9-22(30-18-6-7-18)20(12-19)17-13-23(29-15-17)10-11-28-21(14-23)16-4-2-1-3-5-16/h1-5,8-9,12,17-18,21,28H,6-7,10-11,13-15H2. The van der Waals surface area contributed by atoms with Crippen LogP contribution < -0.4 is 14.8 Å². The molecule has 5 rings (SSSR count). The first-order valence-electron chi connectivity index (χ1n) is 10.9. The Kier molecular flexibility index (Phi) is 5.34. The highest BCUT2D eigenvalue weighted by Crippen LogP contribution is 2.48. The van der Waals surface area contributed by atoms with Crippen LogP contribution in [0.1, 0.15) is 55.2 Å². The average molecular weight is 433 g/mol. The van der Waals surface area contributed by atoms with Gasteiger partial charge in [0.2, 0.25) is 0 Å². The molecule has 1 N–H and O–H groups in total. The fourth-order valence-electron chi connectivity index (χ4n) is 4.82. The summed E-state index contributed by atoms with van der Waals surface area (Å²) < 4.78 is 54.9. The molecule has 0 aromatic heterocycles. The molecule has 3 unspecified atom stereocenters. The molecule has 1 aliphatic carbocycles. The van der Waals surface area contributed by atoms with E-state index in [9.17, 15) is 13.2 Å². The van der Waals surface area contributed by atoms with Gasteiger partial charge in [0.15, 0.2) is 0 Å². The second-order valence-corrected chi connectivity index (χ2v) is 8.83. The van der Waals surface area contributed by atoms with Gasteiger partial charge in [-0.15, -0.1) is 13.2 Å². The first-order chi connectivity index (χ1) is 14.9. The summed E-state index contributed by atoms with van der Waals surface area (Å²) in [6.07, 6.45) is -0.123. The van der Waals surface area contributed by atoms with Gasteiger partial charge in [0.1, 0.15) is 11.5 Å². The van der Waals surface area contributed by atoms with E-state index in [2.05, 4.69) is 22.2 Å². The van der Waals surface area contributed by atoms with Gasteiger partial charge in [-0.2, -0.15) is 0 Å². The number of piperidine rings is 1. The van der Waals surface area contributed by atoms with Gasteiger partial charge in [-0.25, -0.2) is 0 Å². The van der Waals surface area contributed by atoms with E-state index in [-0.39, 0.29) is 29.4 Å². The summed E-state index contributed by atoms with van der Waals surface area (Å²) in [6, 6.07) is 14.9. The van der Waals surface area contributed by atoms with Gasteiger partial charge >= 0.3 is 6.36 Å². The minimum atomic E-state index is -4.72. The Morgan fingerprint density at radius 2 is 1.84 bits per heavy atom. The third kappa shape index (κ3) is 4.83. The van der Waals surface area contributed by atoms with Crippen molar-refractivity contribution in [3.05, 3.63) is 59.7 Å². The largest absolute Gasteiger partial charge is 0.573 e. The van der Waals surface area contributed by atoms with Crippen molar-refractivity contribution < 1.29 is 27.4 Å². The van der Waals surface area contributed by atoms with Crippen LogP contribution in [0, 0.1) is 0 Å². The zero-order chi connectivity index (χ0) is 21.5. The van der Waals surface area contributed by atoms with E-state index >= 15 is 0 Å². The number of rotatable bonds is 5. The first-order valence-corrected chi connectivity index (χ1v) is 10.9. The Morgan fingerprint density at radius 1 is 1.03 bits per heavy atom. The maximum Gasteiger partial charge on any atom is 0.573 e. The lowest BCUT2D eigenvalue weighted by atomic mass is 9.79. The fraction of sp³-hybridized carbons (Fsp3) is 0.500. The van der Waals surface area contributed by atoms with Gasteiger partial charge in [-0.05, 0) is 62.4 Å². The van der Waals surface area contributed by atoms with Gasteiger partial charge in [-0.1, -0.05) is 30.3 Å². The van der Waals surface area contributed by atoms with Crippen LogP contribution in [0.2, 0.25) is 0 Å². The van der Waals surface area contributed by atoms with Crippen LogP contribution in [0.5, 0.6) is 11.5 Å². The van der Waals surface area contributed by atoms with Crippen LogP contribution in [-0.2, 0) is 4.74 Å². The van der Waals surface area contributed by atoms with Crippen molar-refractivity contribution in [3.63, 3.8) is 0 Å². The predicted molar refractivity (Wildman–Crippen MR) is 109 cm³/mol. The predicted octanol–water partition coefficient (Wildman–Crippen LogP) is 5.49. The average Bonchev–Trinajstić information content (AvgIpc) is 3.48. The van der Waals surface area contributed by atoms with Crippen LogP contribution in [0.4, 0.5) is 13.2 Å². The molecule has 1 spiro atoms. The van der Waals surface area contributed by atoms with Crippen molar-refractivity contribution in [1.29, 1.82) is 0 Å². The van der Waals surface area contributed by atoms with Gasteiger partial charge in [0.05, 0.1) is 18.3 Å². The molecule has 4 nitrogen and oxygen atoms in total. The summed E-state index contributed by atoms with van der Waals surface area (Å²) in [4.78, 5) is 0. The topological polar surface area (TPSA) is 39.7 Å². The normalized spacial score (nSPS) is 28.6. The highest BCUT2D eigenvalue weighted by Gasteiger charge is 2.45. The third-order valence-corrected chi connectivity index (χ3v) is 6.43. The molecule has 2 aromatic rings. The van der Waals surface area contributed by atoms with Crippen molar-refractivity contribution in [2.45, 2.75) is 62.1 Å². The van der Waals surface area contributed by atoms with Gasteiger partial charge < -0.3 is 19.5 Å². The van der Waals surface area contributed by atoms with Crippen molar-refractivity contribution >= 4 is 0 Å². The number of benzene rings is 2. The van der Waals surface area contributed by atoms with Crippen molar-refractivity contribution in [2.24, 2.45) is 0 Å². The maximum absolute atomic E-state index is 12.8. The van der Waals surface area contributed by atoms with E-state index < -0.39 is 6.36 Å². The second-order valence-electron chi connectivity index (χ2n) is 8.83. The lowest BCUT2D eigenvalue weighted by molar-refractivity contribution is -0.274. The van der Waals surface area contributed by atoms with Gasteiger partial charge in [0, 0.05) is 17.5 Å². The summed E-state index contributed by atoms with van der Waals surface area (Å²) in [5, 5.41) is 3.57. The highest BCUT2D eigenvalue weighted by molar-refractivity contribution is 5.44. The van der Waals surface area contributed by atoms with E-state index in [4.69, 9.17) is 9.47 Å². The second kappa shape index (κ2) is 8.02. The van der Waals surface area contributed by atoms with Crippen LogP contribution in [-0.4, -0.2) is 31.2 Å². The van der Waals surface area contributed by atoms with Crippen LogP contribution in [0.15, 0.2) is 48.5 Å². The summed E-state index contributed by atoms with van der Waals surface area (Å²) in [7, 11) is 0. The first kappa shape index (κ1) is 20.6. The molecular weight excluding hydrogens is 407 g/mol. The minimum Gasteiger partial charge on any atom is -0.490 e. The Labute approximate surface area is 179 Å². The summed E-state index contributed by atoms with van der Waals surface area (Å²) >= 11 is 0. The molecule has 2 aromatic carbocycles. The third-order valence-electron chi connectivity index (χ3n) is 6.43. The van der Waals surface area contributed by atoms with E-state index in [0.717, 1.165) is 44.2 Å². The molecule has 3 fully saturated rings. The minimum absolute atomic E-state index is 0.0277. The number of hydrogen-bond donors (Lipinski definition) is 1. The molecule has 1 saturated carbocycles. The molecule has 0 radical (unpaired) electrons. The Hall–Kier alpha value is -2.25. The Morgan fingerprint density at radius 3 is 2.58 bits per heavy atom. The molecule has 0 amide bonds. The molecule has 3 aliphatic rings. The number of ether oxygens (including phenoxy) is 3. The summed E-state index contributed by atoms with van der Waals surface area (Å²) in [5.41, 5.74) is 1.70. The van der Waals surface area contributed by atoms with E-state index in [1.165, 1.54) is 17.7 Å². The SMILES string of the molecule is FC(F)(F)Oc1ccc(OC2CC2)c(C2COC3(CCNC(c4ccccc4)C3)C2)c1. The molecule has 31 heavy (non-hydrogen) atoms. The van der Waals surface area contributed by atoms with Gasteiger partial charge in [-0.3, -0.25) is 0 Å². The van der Waals surface area contributed by atoms with Crippen molar-refractivity contribution in [2.75, 3.05) is 13.2 Å². The van der Waals surface area contributed by atoms with Crippen molar-refractivity contribution in [3.8, 4) is 11.5 Å². The van der Waals surface area contributed by atoms with E-state index in [1.807, 2.05) is 18.2 Å². The lowest BCUT2D eigenvalue weighted by Crippen LogP contribution is -2.43. The molecule has 0 bridgehead atoms. The maximum atomic E-state index is 12.8. The molecule has 2 saturated heterocycles. The summed E-state index contributed by atoms with van der Waals surface area (Å²) in [5.74, 6) is 0.412. The lowest BCUT2D eigenvalue weighted by Gasteiger charge is -2.38. The quantitative estimate of drug-likeness (QED) is 0.677. The number of halogens is 3. The summed E-state index contributed by atoms with van der Waals surface area (Å²) in [6.45, 7) is 1.31. The molecule has 7 heteroatoms. The number of alkyl halides is 3. The fourth-order valence-corrected chi connectivity index (χ4v) is 4.82. The number of nitrogens with one attached hydrogen (secondary N) is 1. The zero-order valence-corrected chi connectivity index (χ0v) is 17.2. The molecule has 2 aliphatic heterocycles. The molecule has 3 atom stereocenters. The van der Waals surface area contributed by atoms with Crippen LogP contribution >= 0.6 is 0 Å². The molecular formula is C24H26F3NO3. The van der Waals surface area contributed by atoms with Crippen LogP contribution in [0.25, 0.3) is 0 Å². The van der Waals surface area contributed by atoms with Crippen molar-refractivity contribution in [1.82, 2.24) is 5.32 Å². The highest BCUT2D eigenvalue weighted by atomic mass is 19.4. The smallest absolute Gasteiger partial charge is 0.490 e. The monoisotopic (exact) mass is 433 g/mol. The van der Waals surface area contributed by atoms with E-state index in [0.29, 0.717) is 12.4 Å². The number of hydrogen-bond acceptors (Lipinski definition) is 4. The van der Waals surface area contributed by atoms with Gasteiger partial charge in [0.25, 0.3) is 0 Å². The zero-order valence-electron chi connectivity index (χ0n) is 17.2.